The van der Waals surface area contributed by atoms with Crippen LogP contribution in [0, 0.1) is 0 Å². The molecule has 0 spiro atoms. The number of unbranched alkanes of at least 4 members (excludes halogenated alkanes) is 2. The van der Waals surface area contributed by atoms with Crippen molar-refractivity contribution in [1.29, 1.82) is 0 Å². The summed E-state index contributed by atoms with van der Waals surface area (Å²) < 4.78 is 16.6. The third kappa shape index (κ3) is 4.85. The minimum atomic E-state index is -0.0895. The first kappa shape index (κ1) is 21.5. The number of nitrogens with one attached hydrogen (secondary N) is 1. The molecule has 0 bridgehead atoms. The van der Waals surface area contributed by atoms with Crippen LogP contribution >= 0.6 is 0 Å². The molecule has 1 heterocycles. The largest absolute Gasteiger partial charge is 0.497 e. The lowest BCUT2D eigenvalue weighted by molar-refractivity contribution is -0.116. The van der Waals surface area contributed by atoms with E-state index >= 15 is 0 Å². The summed E-state index contributed by atoms with van der Waals surface area (Å²) in [5, 5.41) is 3.91. The summed E-state index contributed by atoms with van der Waals surface area (Å²) >= 11 is 0. The van der Waals surface area contributed by atoms with E-state index in [0.717, 1.165) is 58.2 Å². The molecule has 5 nitrogen and oxygen atoms in total. The van der Waals surface area contributed by atoms with Gasteiger partial charge in [0.25, 0.3) is 0 Å². The molecule has 0 saturated carbocycles. The highest BCUT2D eigenvalue weighted by Gasteiger charge is 2.15. The van der Waals surface area contributed by atoms with Crippen LogP contribution < -0.4 is 14.8 Å². The Balaban J connectivity index is 1.93. The van der Waals surface area contributed by atoms with E-state index in [9.17, 15) is 4.79 Å². The number of hydrogen-bond acceptors (Lipinski definition) is 4. The average Bonchev–Trinajstić information content (AvgIpc) is 3.18. The number of methoxy groups -OCH3 is 2. The summed E-state index contributed by atoms with van der Waals surface area (Å²) in [5.41, 5.74) is 4.45. The highest BCUT2D eigenvalue weighted by Crippen LogP contribution is 2.37. The zero-order chi connectivity index (χ0) is 21.5. The minimum absolute atomic E-state index is 0.0895. The van der Waals surface area contributed by atoms with E-state index in [1.165, 1.54) is 0 Å². The molecule has 2 aromatic carbocycles. The van der Waals surface area contributed by atoms with Gasteiger partial charge in [0.1, 0.15) is 17.1 Å². The molecule has 0 atom stereocenters. The quantitative estimate of drug-likeness (QED) is 0.358. The maximum Gasteiger partial charge on any atom is 0.244 e. The number of fused-ring (bicyclic) bond motifs is 1. The van der Waals surface area contributed by atoms with Crippen LogP contribution in [0.5, 0.6) is 11.5 Å². The van der Waals surface area contributed by atoms with Gasteiger partial charge >= 0.3 is 0 Å². The fraction of sp³-hybridized carbons (Fsp3) is 0.320. The van der Waals surface area contributed by atoms with Crippen molar-refractivity contribution in [1.82, 2.24) is 5.32 Å². The van der Waals surface area contributed by atoms with Gasteiger partial charge in [-0.15, -0.1) is 0 Å². The molecule has 158 valence electrons. The van der Waals surface area contributed by atoms with Crippen LogP contribution in [0.15, 0.2) is 53.2 Å². The Bertz CT molecular complexity index is 1030. The van der Waals surface area contributed by atoms with Gasteiger partial charge in [0, 0.05) is 35.2 Å². The molecule has 30 heavy (non-hydrogen) atoms. The second-order valence-corrected chi connectivity index (χ2v) is 7.25. The molecule has 3 rings (SSSR count). The molecule has 1 aromatic heterocycles. The predicted octanol–water partition coefficient (Wildman–Crippen LogP) is 5.83. The molecule has 0 unspecified atom stereocenters. The Morgan fingerprint density at radius 1 is 1.10 bits per heavy atom. The molecule has 1 amide bonds. The summed E-state index contributed by atoms with van der Waals surface area (Å²) in [6, 6.07) is 11.7. The first-order valence-electron chi connectivity index (χ1n) is 10.3. The molecule has 1 N–H and O–H groups in total. The Kier molecular flexibility index (Phi) is 7.17. The van der Waals surface area contributed by atoms with Gasteiger partial charge in [0.15, 0.2) is 0 Å². The lowest BCUT2D eigenvalue weighted by Gasteiger charge is -2.10. The van der Waals surface area contributed by atoms with Gasteiger partial charge in [0.2, 0.25) is 5.91 Å². The van der Waals surface area contributed by atoms with Crippen molar-refractivity contribution in [3.8, 4) is 22.6 Å². The van der Waals surface area contributed by atoms with E-state index in [1.807, 2.05) is 43.3 Å². The second kappa shape index (κ2) is 10.0. The number of carbonyl (C=O) groups is 1. The van der Waals surface area contributed by atoms with Gasteiger partial charge in [-0.25, -0.2) is 0 Å². The van der Waals surface area contributed by atoms with Gasteiger partial charge in [-0.2, -0.15) is 0 Å². The molecule has 5 heteroatoms. The number of benzene rings is 2. The van der Waals surface area contributed by atoms with Crippen molar-refractivity contribution >= 4 is 22.4 Å². The van der Waals surface area contributed by atoms with Crippen molar-refractivity contribution in [3.63, 3.8) is 0 Å². The molecular weight excluding hydrogens is 378 g/mol. The van der Waals surface area contributed by atoms with Gasteiger partial charge < -0.3 is 19.2 Å². The van der Waals surface area contributed by atoms with Gasteiger partial charge in [-0.3, -0.25) is 4.79 Å². The lowest BCUT2D eigenvalue weighted by atomic mass is 9.99. The number of hydrogen-bond donors (Lipinski definition) is 1. The smallest absolute Gasteiger partial charge is 0.244 e. The first-order chi connectivity index (χ1) is 14.6. The van der Waals surface area contributed by atoms with Crippen LogP contribution in [0.3, 0.4) is 0 Å². The van der Waals surface area contributed by atoms with E-state index in [-0.39, 0.29) is 5.91 Å². The molecule has 0 aliphatic carbocycles. The molecule has 0 aliphatic rings. The highest BCUT2D eigenvalue weighted by atomic mass is 16.5. The standard InChI is InChI=1S/C25H29NO4/c1-5-6-7-12-26-25(27)13-17(2)20-14-21-22(16-30-24(21)15-23(20)29-4)18-8-10-19(28-3)11-9-18/h8-11,13-16H,5-7,12H2,1-4H3,(H,26,27)/b17-13+. The summed E-state index contributed by atoms with van der Waals surface area (Å²) in [6.07, 6.45) is 6.61. The molecular formula is C25H29NO4. The zero-order valence-corrected chi connectivity index (χ0v) is 18.1. The van der Waals surface area contributed by atoms with Gasteiger partial charge in [-0.1, -0.05) is 31.9 Å². The van der Waals surface area contributed by atoms with Gasteiger partial charge in [0.05, 0.1) is 20.5 Å². The molecule has 0 fully saturated rings. The van der Waals surface area contributed by atoms with Gasteiger partial charge in [-0.05, 0) is 42.7 Å². The van der Waals surface area contributed by atoms with E-state index in [1.54, 1.807) is 26.6 Å². The number of amides is 1. The van der Waals surface area contributed by atoms with Crippen molar-refractivity contribution in [3.05, 3.63) is 54.3 Å². The number of furan rings is 1. The SMILES string of the molecule is CCCCCNC(=O)/C=C(\C)c1cc2c(-c3ccc(OC)cc3)coc2cc1OC. The third-order valence-corrected chi connectivity index (χ3v) is 5.15. The normalized spacial score (nSPS) is 11.5. The lowest BCUT2D eigenvalue weighted by Crippen LogP contribution is -2.22. The topological polar surface area (TPSA) is 60.7 Å². The number of ether oxygens (including phenoxy) is 2. The fourth-order valence-electron chi connectivity index (χ4n) is 3.44. The van der Waals surface area contributed by atoms with Crippen LogP contribution in [0.4, 0.5) is 0 Å². The zero-order valence-electron chi connectivity index (χ0n) is 18.1. The van der Waals surface area contributed by atoms with Crippen LogP contribution in [0.1, 0.15) is 38.7 Å². The number of carbonyl (C=O) groups excluding carboxylic acids is 1. The Hall–Kier alpha value is -3.21. The monoisotopic (exact) mass is 407 g/mol. The van der Waals surface area contributed by atoms with E-state index in [2.05, 4.69) is 12.2 Å². The Morgan fingerprint density at radius 3 is 2.53 bits per heavy atom. The molecule has 0 aliphatic heterocycles. The van der Waals surface area contributed by atoms with Crippen molar-refractivity contribution < 1.29 is 18.7 Å². The minimum Gasteiger partial charge on any atom is -0.497 e. The van der Waals surface area contributed by atoms with Crippen LogP contribution in [0.2, 0.25) is 0 Å². The second-order valence-electron chi connectivity index (χ2n) is 7.25. The summed E-state index contributed by atoms with van der Waals surface area (Å²) in [4.78, 5) is 12.3. The summed E-state index contributed by atoms with van der Waals surface area (Å²) in [5.74, 6) is 1.39. The number of allylic oxidation sites excluding steroid dienone is 1. The average molecular weight is 408 g/mol. The Labute approximate surface area is 177 Å². The molecule has 0 radical (unpaired) electrons. The third-order valence-electron chi connectivity index (χ3n) is 5.15. The maximum absolute atomic E-state index is 12.3. The first-order valence-corrected chi connectivity index (χ1v) is 10.3. The number of rotatable bonds is 9. The van der Waals surface area contributed by atoms with Crippen LogP contribution in [-0.4, -0.2) is 26.7 Å². The predicted molar refractivity (Wildman–Crippen MR) is 121 cm³/mol. The Morgan fingerprint density at radius 2 is 1.87 bits per heavy atom. The van der Waals surface area contributed by atoms with Crippen molar-refractivity contribution in [2.24, 2.45) is 0 Å². The van der Waals surface area contributed by atoms with Crippen molar-refractivity contribution in [2.75, 3.05) is 20.8 Å². The van der Waals surface area contributed by atoms with E-state index in [0.29, 0.717) is 12.3 Å². The molecule has 0 saturated heterocycles. The van der Waals surface area contributed by atoms with E-state index in [4.69, 9.17) is 13.9 Å². The summed E-state index contributed by atoms with van der Waals surface area (Å²) in [6.45, 7) is 4.75. The van der Waals surface area contributed by atoms with E-state index < -0.39 is 0 Å². The summed E-state index contributed by atoms with van der Waals surface area (Å²) in [7, 11) is 3.27. The highest BCUT2D eigenvalue weighted by molar-refractivity contribution is 6.00. The molecule has 3 aromatic rings. The van der Waals surface area contributed by atoms with Crippen LogP contribution in [-0.2, 0) is 4.79 Å². The van der Waals surface area contributed by atoms with Crippen molar-refractivity contribution in [2.45, 2.75) is 33.1 Å². The fourth-order valence-corrected chi connectivity index (χ4v) is 3.44. The maximum atomic E-state index is 12.3. The van der Waals surface area contributed by atoms with Crippen LogP contribution in [0.25, 0.3) is 27.7 Å².